The monoisotopic (exact) mass is 396 g/mol. The maximum Gasteiger partial charge on any atom is 0.224 e. The number of rotatable bonds is 7. The Labute approximate surface area is 173 Å². The molecule has 156 valence electrons. The van der Waals surface area contributed by atoms with E-state index < -0.39 is 0 Å². The maximum atomic E-state index is 12.6. The molecule has 7 nitrogen and oxygen atoms in total. The minimum Gasteiger partial charge on any atom is -0.354 e. The summed E-state index contributed by atoms with van der Waals surface area (Å²) in [6.45, 7) is 6.68. The third-order valence-corrected chi connectivity index (χ3v) is 6.25. The van der Waals surface area contributed by atoms with Gasteiger partial charge in [0.15, 0.2) is 0 Å². The van der Waals surface area contributed by atoms with Crippen molar-refractivity contribution in [2.24, 2.45) is 5.92 Å². The summed E-state index contributed by atoms with van der Waals surface area (Å²) in [4.78, 5) is 21.8. The summed E-state index contributed by atoms with van der Waals surface area (Å²) in [5, 5.41) is 7.29. The van der Waals surface area contributed by atoms with Gasteiger partial charge in [0.25, 0.3) is 0 Å². The molecule has 1 amide bonds. The van der Waals surface area contributed by atoms with Crippen LogP contribution in [0.2, 0.25) is 0 Å². The normalized spacial score (nSPS) is 21.9. The number of pyridine rings is 1. The van der Waals surface area contributed by atoms with Gasteiger partial charge in [-0.2, -0.15) is 5.10 Å². The molecule has 2 fully saturated rings. The average molecular weight is 397 g/mol. The van der Waals surface area contributed by atoms with Gasteiger partial charge in [-0.05, 0) is 69.1 Å². The summed E-state index contributed by atoms with van der Waals surface area (Å²) in [6.07, 6.45) is 11.9. The Morgan fingerprint density at radius 3 is 2.69 bits per heavy atom. The third kappa shape index (κ3) is 5.64. The molecule has 29 heavy (non-hydrogen) atoms. The second kappa shape index (κ2) is 9.98. The van der Waals surface area contributed by atoms with Crippen LogP contribution in [0.1, 0.15) is 31.2 Å². The zero-order valence-electron chi connectivity index (χ0n) is 17.1. The van der Waals surface area contributed by atoms with Gasteiger partial charge in [0.05, 0.1) is 12.5 Å². The highest BCUT2D eigenvalue weighted by Gasteiger charge is 2.31. The number of nitrogens with zero attached hydrogens (tertiary/aromatic N) is 5. The third-order valence-electron chi connectivity index (χ3n) is 6.25. The van der Waals surface area contributed by atoms with Crippen LogP contribution in [0.15, 0.2) is 43.0 Å². The summed E-state index contributed by atoms with van der Waals surface area (Å²) in [6, 6.07) is 6.73. The van der Waals surface area contributed by atoms with E-state index in [1.54, 1.807) is 6.20 Å². The van der Waals surface area contributed by atoms with Gasteiger partial charge < -0.3 is 5.32 Å². The van der Waals surface area contributed by atoms with E-state index in [9.17, 15) is 4.79 Å². The Kier molecular flexibility index (Phi) is 6.90. The first-order valence-corrected chi connectivity index (χ1v) is 10.9. The van der Waals surface area contributed by atoms with Crippen molar-refractivity contribution >= 4 is 5.91 Å². The highest BCUT2D eigenvalue weighted by Crippen LogP contribution is 2.24. The molecule has 4 rings (SSSR count). The molecule has 1 N–H and O–H groups in total. The summed E-state index contributed by atoms with van der Waals surface area (Å²) in [5.74, 6) is 0.327. The molecule has 0 unspecified atom stereocenters. The van der Waals surface area contributed by atoms with Gasteiger partial charge in [-0.25, -0.2) is 0 Å². The van der Waals surface area contributed by atoms with Gasteiger partial charge in [-0.15, -0.1) is 0 Å². The van der Waals surface area contributed by atoms with Crippen molar-refractivity contribution in [2.45, 2.75) is 44.8 Å². The van der Waals surface area contributed by atoms with Crippen LogP contribution in [0.3, 0.4) is 0 Å². The standard InChI is InChI=1S/C22H32N6O/c29-22(24-11-16-28-13-2-8-25-28)20-3-1-12-27(18-20)21-6-14-26(15-7-21)17-19-4-9-23-10-5-19/h2,4-5,8-10,13,20-21H,1,3,6-7,11-12,14-18H2,(H,24,29)/t20-/m0/s1. The largest absolute Gasteiger partial charge is 0.354 e. The lowest BCUT2D eigenvalue weighted by atomic mass is 9.93. The lowest BCUT2D eigenvalue weighted by molar-refractivity contribution is -0.127. The van der Waals surface area contributed by atoms with E-state index in [-0.39, 0.29) is 11.8 Å². The van der Waals surface area contributed by atoms with E-state index >= 15 is 0 Å². The number of piperidine rings is 2. The van der Waals surface area contributed by atoms with Crippen LogP contribution < -0.4 is 5.32 Å². The molecular formula is C22H32N6O. The highest BCUT2D eigenvalue weighted by atomic mass is 16.1. The molecule has 0 saturated carbocycles. The van der Waals surface area contributed by atoms with Crippen molar-refractivity contribution < 1.29 is 4.79 Å². The number of carbonyl (C=O) groups excluding carboxylic acids is 1. The first-order valence-electron chi connectivity index (χ1n) is 10.9. The van der Waals surface area contributed by atoms with Crippen molar-refractivity contribution in [1.29, 1.82) is 0 Å². The van der Waals surface area contributed by atoms with Crippen LogP contribution in [-0.2, 0) is 17.9 Å². The number of hydrogen-bond acceptors (Lipinski definition) is 5. The van der Waals surface area contributed by atoms with Gasteiger partial charge in [0, 0.05) is 50.5 Å². The van der Waals surface area contributed by atoms with Crippen molar-refractivity contribution in [3.63, 3.8) is 0 Å². The first kappa shape index (κ1) is 20.0. The number of hydrogen-bond donors (Lipinski definition) is 1. The Bertz CT molecular complexity index is 742. The van der Waals surface area contributed by atoms with Crippen molar-refractivity contribution in [3.05, 3.63) is 48.5 Å². The molecule has 2 saturated heterocycles. The van der Waals surface area contributed by atoms with Gasteiger partial charge in [0.2, 0.25) is 5.91 Å². The first-order chi connectivity index (χ1) is 14.3. The second-order valence-corrected chi connectivity index (χ2v) is 8.26. The van der Waals surface area contributed by atoms with Crippen molar-refractivity contribution in [2.75, 3.05) is 32.7 Å². The SMILES string of the molecule is O=C(NCCn1cccn1)[C@H]1CCCN(C2CCN(Cc3ccncc3)CC2)C1. The molecule has 7 heteroatoms. The van der Waals surface area contributed by atoms with Crippen molar-refractivity contribution in [1.82, 2.24) is 29.9 Å². The number of likely N-dealkylation sites (tertiary alicyclic amines) is 2. The molecule has 1 atom stereocenters. The quantitative estimate of drug-likeness (QED) is 0.773. The van der Waals surface area contributed by atoms with Crippen LogP contribution in [0, 0.1) is 5.92 Å². The van der Waals surface area contributed by atoms with E-state index in [0.29, 0.717) is 12.6 Å². The van der Waals surface area contributed by atoms with E-state index in [4.69, 9.17) is 0 Å². The highest BCUT2D eigenvalue weighted by molar-refractivity contribution is 5.78. The number of carbonyl (C=O) groups is 1. The molecule has 2 aromatic heterocycles. The second-order valence-electron chi connectivity index (χ2n) is 8.26. The number of nitrogens with one attached hydrogen (secondary N) is 1. The predicted octanol–water partition coefficient (Wildman–Crippen LogP) is 1.77. The topological polar surface area (TPSA) is 66.3 Å². The van der Waals surface area contributed by atoms with Crippen LogP contribution >= 0.6 is 0 Å². The Balaban J connectivity index is 1.20. The van der Waals surface area contributed by atoms with E-state index in [1.165, 1.54) is 18.4 Å². The molecule has 2 aromatic rings. The molecular weight excluding hydrogens is 364 g/mol. The van der Waals surface area contributed by atoms with Gasteiger partial charge in [-0.1, -0.05) is 0 Å². The Morgan fingerprint density at radius 2 is 1.93 bits per heavy atom. The van der Waals surface area contributed by atoms with Crippen LogP contribution in [0.25, 0.3) is 0 Å². The summed E-state index contributed by atoms with van der Waals surface area (Å²) in [5.41, 5.74) is 1.34. The molecule has 2 aliphatic rings. The van der Waals surface area contributed by atoms with E-state index in [0.717, 1.165) is 52.1 Å². The number of amides is 1. The van der Waals surface area contributed by atoms with Crippen molar-refractivity contribution in [3.8, 4) is 0 Å². The maximum absolute atomic E-state index is 12.6. The van der Waals surface area contributed by atoms with Crippen LogP contribution in [-0.4, -0.2) is 69.2 Å². The van der Waals surface area contributed by atoms with Crippen LogP contribution in [0.5, 0.6) is 0 Å². The molecule has 0 aliphatic carbocycles. The van der Waals surface area contributed by atoms with E-state index in [2.05, 4.69) is 37.3 Å². The molecule has 2 aliphatic heterocycles. The van der Waals surface area contributed by atoms with Gasteiger partial charge in [-0.3, -0.25) is 24.3 Å². The lowest BCUT2D eigenvalue weighted by Crippen LogP contribution is -2.50. The lowest BCUT2D eigenvalue weighted by Gasteiger charge is -2.42. The molecule has 0 radical (unpaired) electrons. The Hall–Kier alpha value is -2.25. The zero-order chi connectivity index (χ0) is 19.9. The van der Waals surface area contributed by atoms with Gasteiger partial charge in [0.1, 0.15) is 0 Å². The minimum atomic E-state index is 0.121. The van der Waals surface area contributed by atoms with E-state index in [1.807, 2.05) is 29.3 Å². The molecule has 0 aromatic carbocycles. The fourth-order valence-corrected chi connectivity index (χ4v) is 4.61. The zero-order valence-corrected chi connectivity index (χ0v) is 17.1. The summed E-state index contributed by atoms with van der Waals surface area (Å²) < 4.78 is 1.85. The smallest absolute Gasteiger partial charge is 0.224 e. The fraction of sp³-hybridized carbons (Fsp3) is 0.591. The molecule has 4 heterocycles. The fourth-order valence-electron chi connectivity index (χ4n) is 4.61. The Morgan fingerprint density at radius 1 is 1.10 bits per heavy atom. The predicted molar refractivity (Wildman–Crippen MR) is 112 cm³/mol. The summed E-state index contributed by atoms with van der Waals surface area (Å²) in [7, 11) is 0. The average Bonchev–Trinajstić information content (AvgIpc) is 3.29. The summed E-state index contributed by atoms with van der Waals surface area (Å²) >= 11 is 0. The van der Waals surface area contributed by atoms with Crippen LogP contribution in [0.4, 0.5) is 0 Å². The molecule has 0 spiro atoms. The van der Waals surface area contributed by atoms with Gasteiger partial charge >= 0.3 is 0 Å². The molecule has 0 bridgehead atoms. The number of aromatic nitrogens is 3. The minimum absolute atomic E-state index is 0.121.